The van der Waals surface area contributed by atoms with E-state index in [0.29, 0.717) is 18.3 Å². The molecule has 23 heavy (non-hydrogen) atoms. The quantitative estimate of drug-likeness (QED) is 0.790. The molecule has 134 valence electrons. The molecular weight excluding hydrogens is 286 g/mol. The zero-order valence-electron chi connectivity index (χ0n) is 15.7. The lowest BCUT2D eigenvalue weighted by Gasteiger charge is -2.45. The van der Waals surface area contributed by atoms with Gasteiger partial charge in [0.1, 0.15) is 0 Å². The molecule has 2 aliphatic rings. The Bertz CT molecular complexity index is 379. The Balaban J connectivity index is 1.81. The summed E-state index contributed by atoms with van der Waals surface area (Å²) < 4.78 is 0. The molecule has 0 spiro atoms. The molecule has 4 unspecified atom stereocenters. The first-order valence-corrected chi connectivity index (χ1v) is 9.58. The first kappa shape index (κ1) is 18.7. The van der Waals surface area contributed by atoms with Crippen molar-refractivity contribution in [3.8, 4) is 0 Å². The fraction of sp³-hybridized carbons (Fsp3) is 0.947. The van der Waals surface area contributed by atoms with E-state index in [-0.39, 0.29) is 11.4 Å². The summed E-state index contributed by atoms with van der Waals surface area (Å²) in [6.07, 6.45) is 8.19. The lowest BCUT2D eigenvalue weighted by Crippen LogP contribution is -2.55. The number of carbonyl (C=O) groups is 1. The van der Waals surface area contributed by atoms with Crippen LogP contribution in [0.2, 0.25) is 0 Å². The molecular formula is C19H37N3O. The van der Waals surface area contributed by atoms with Crippen molar-refractivity contribution < 1.29 is 4.79 Å². The topological polar surface area (TPSA) is 44.4 Å². The van der Waals surface area contributed by atoms with Crippen LogP contribution >= 0.6 is 0 Å². The van der Waals surface area contributed by atoms with Crippen molar-refractivity contribution in [1.29, 1.82) is 0 Å². The maximum Gasteiger partial charge on any atom is 0.220 e. The lowest BCUT2D eigenvalue weighted by molar-refractivity contribution is -0.123. The van der Waals surface area contributed by atoms with E-state index >= 15 is 0 Å². The highest BCUT2D eigenvalue weighted by atomic mass is 16.1. The molecule has 1 saturated heterocycles. The summed E-state index contributed by atoms with van der Waals surface area (Å²) in [6, 6.07) is 0. The van der Waals surface area contributed by atoms with E-state index in [0.717, 1.165) is 25.6 Å². The van der Waals surface area contributed by atoms with Crippen molar-refractivity contribution in [3.05, 3.63) is 0 Å². The highest BCUT2D eigenvalue weighted by molar-refractivity contribution is 5.76. The number of piperidine rings is 1. The van der Waals surface area contributed by atoms with E-state index in [2.05, 4.69) is 43.5 Å². The number of rotatable bonds is 6. The average molecular weight is 324 g/mol. The molecule has 4 nitrogen and oxygen atoms in total. The van der Waals surface area contributed by atoms with Gasteiger partial charge in [-0.15, -0.1) is 0 Å². The first-order valence-electron chi connectivity index (χ1n) is 9.58. The predicted molar refractivity (Wildman–Crippen MR) is 96.4 cm³/mol. The summed E-state index contributed by atoms with van der Waals surface area (Å²) in [4.78, 5) is 14.8. The second-order valence-corrected chi connectivity index (χ2v) is 8.38. The van der Waals surface area contributed by atoms with Gasteiger partial charge in [0, 0.05) is 18.5 Å². The van der Waals surface area contributed by atoms with Crippen molar-refractivity contribution >= 4 is 5.91 Å². The Morgan fingerprint density at radius 2 is 2.13 bits per heavy atom. The largest absolute Gasteiger partial charge is 0.354 e. The Kier molecular flexibility index (Phi) is 6.90. The molecule has 1 amide bonds. The highest BCUT2D eigenvalue weighted by Crippen LogP contribution is 2.35. The van der Waals surface area contributed by atoms with Gasteiger partial charge in [0.2, 0.25) is 5.91 Å². The zero-order chi connectivity index (χ0) is 16.9. The monoisotopic (exact) mass is 323 g/mol. The van der Waals surface area contributed by atoms with Crippen molar-refractivity contribution in [1.82, 2.24) is 15.5 Å². The summed E-state index contributed by atoms with van der Waals surface area (Å²) >= 11 is 0. The van der Waals surface area contributed by atoms with E-state index in [1.54, 1.807) is 0 Å². The van der Waals surface area contributed by atoms with Crippen LogP contribution in [0.5, 0.6) is 0 Å². The van der Waals surface area contributed by atoms with Gasteiger partial charge in [-0.05, 0) is 70.6 Å². The Morgan fingerprint density at radius 1 is 1.35 bits per heavy atom. The van der Waals surface area contributed by atoms with E-state index < -0.39 is 0 Å². The lowest BCUT2D eigenvalue weighted by atomic mass is 9.75. The molecule has 2 rings (SSSR count). The van der Waals surface area contributed by atoms with Crippen molar-refractivity contribution in [3.63, 3.8) is 0 Å². The fourth-order valence-corrected chi connectivity index (χ4v) is 4.52. The predicted octanol–water partition coefficient (Wildman–Crippen LogP) is 2.64. The second kappa shape index (κ2) is 8.48. The van der Waals surface area contributed by atoms with Crippen LogP contribution < -0.4 is 10.6 Å². The summed E-state index contributed by atoms with van der Waals surface area (Å²) in [6.45, 7) is 7.60. The molecule has 0 aromatic rings. The van der Waals surface area contributed by atoms with E-state index in [9.17, 15) is 4.79 Å². The van der Waals surface area contributed by atoms with Crippen molar-refractivity contribution in [2.75, 3.05) is 33.7 Å². The SMILES string of the molecule is CC1CCCC(CNC(=O)CC(C)C2CCCNC2)(N(C)C)C1. The minimum atomic E-state index is 0.156. The summed E-state index contributed by atoms with van der Waals surface area (Å²) in [5, 5.41) is 6.72. The van der Waals surface area contributed by atoms with E-state index in [1.165, 1.54) is 38.5 Å². The van der Waals surface area contributed by atoms with Gasteiger partial charge in [0.25, 0.3) is 0 Å². The Labute approximate surface area is 142 Å². The number of carbonyl (C=O) groups excluding carboxylic acids is 1. The van der Waals surface area contributed by atoms with Crippen molar-refractivity contribution in [2.24, 2.45) is 17.8 Å². The molecule has 1 saturated carbocycles. The number of nitrogens with one attached hydrogen (secondary N) is 2. The smallest absolute Gasteiger partial charge is 0.220 e. The normalized spacial score (nSPS) is 33.4. The van der Waals surface area contributed by atoms with Crippen LogP contribution in [0, 0.1) is 17.8 Å². The molecule has 0 aromatic heterocycles. The number of likely N-dealkylation sites (N-methyl/N-ethyl adjacent to an activating group) is 1. The van der Waals surface area contributed by atoms with Crippen molar-refractivity contribution in [2.45, 2.75) is 64.3 Å². The summed E-state index contributed by atoms with van der Waals surface area (Å²) in [7, 11) is 4.33. The Morgan fingerprint density at radius 3 is 2.74 bits per heavy atom. The van der Waals surface area contributed by atoms with Gasteiger partial charge >= 0.3 is 0 Å². The van der Waals surface area contributed by atoms with E-state index in [4.69, 9.17) is 0 Å². The van der Waals surface area contributed by atoms with Gasteiger partial charge in [-0.3, -0.25) is 4.79 Å². The minimum Gasteiger partial charge on any atom is -0.354 e. The molecule has 1 aliphatic heterocycles. The number of hydrogen-bond donors (Lipinski definition) is 2. The molecule has 4 atom stereocenters. The first-order chi connectivity index (χ1) is 10.9. The van der Waals surface area contributed by atoms with Gasteiger partial charge in [-0.2, -0.15) is 0 Å². The van der Waals surface area contributed by atoms with Gasteiger partial charge in [-0.1, -0.05) is 26.7 Å². The molecule has 0 aromatic carbocycles. The minimum absolute atomic E-state index is 0.156. The third-order valence-corrected chi connectivity index (χ3v) is 6.28. The van der Waals surface area contributed by atoms with Gasteiger partial charge in [0.15, 0.2) is 0 Å². The third kappa shape index (κ3) is 5.18. The van der Waals surface area contributed by atoms with Crippen LogP contribution in [-0.2, 0) is 4.79 Å². The molecule has 2 N–H and O–H groups in total. The molecule has 1 heterocycles. The van der Waals surface area contributed by atoms with Crippen LogP contribution in [0.25, 0.3) is 0 Å². The maximum absolute atomic E-state index is 12.4. The average Bonchev–Trinajstić information content (AvgIpc) is 2.53. The summed E-state index contributed by atoms with van der Waals surface area (Å²) in [5.74, 6) is 2.13. The van der Waals surface area contributed by atoms with Gasteiger partial charge < -0.3 is 15.5 Å². The Hall–Kier alpha value is -0.610. The number of amides is 1. The third-order valence-electron chi connectivity index (χ3n) is 6.28. The number of nitrogens with zero attached hydrogens (tertiary/aromatic N) is 1. The van der Waals surface area contributed by atoms with Gasteiger partial charge in [0.05, 0.1) is 0 Å². The maximum atomic E-state index is 12.4. The molecule has 2 fully saturated rings. The zero-order valence-corrected chi connectivity index (χ0v) is 15.7. The van der Waals surface area contributed by atoms with Crippen LogP contribution in [0.3, 0.4) is 0 Å². The summed E-state index contributed by atoms with van der Waals surface area (Å²) in [5.41, 5.74) is 0.156. The number of hydrogen-bond acceptors (Lipinski definition) is 3. The molecule has 4 heteroatoms. The highest BCUT2D eigenvalue weighted by Gasteiger charge is 2.37. The van der Waals surface area contributed by atoms with E-state index in [1.807, 2.05) is 0 Å². The van der Waals surface area contributed by atoms with Crippen LogP contribution in [0.15, 0.2) is 0 Å². The second-order valence-electron chi connectivity index (χ2n) is 8.38. The van der Waals surface area contributed by atoms with Crippen LogP contribution in [0.1, 0.15) is 58.8 Å². The molecule has 0 radical (unpaired) electrons. The van der Waals surface area contributed by atoms with Crippen LogP contribution in [0.4, 0.5) is 0 Å². The standard InChI is InChI=1S/C19H37N3O/c1-15-7-5-9-19(12-15,22(3)4)14-21-18(23)11-16(2)17-8-6-10-20-13-17/h15-17,20H,5-14H2,1-4H3,(H,21,23). The molecule has 1 aliphatic carbocycles. The fourth-order valence-electron chi connectivity index (χ4n) is 4.52. The molecule has 0 bridgehead atoms. The van der Waals surface area contributed by atoms with Crippen LogP contribution in [-0.4, -0.2) is 50.1 Å². The van der Waals surface area contributed by atoms with Gasteiger partial charge in [-0.25, -0.2) is 0 Å².